The van der Waals surface area contributed by atoms with Gasteiger partial charge in [-0.1, -0.05) is 0 Å². The molecule has 2 rings (SSSR count). The van der Waals surface area contributed by atoms with Gasteiger partial charge in [-0.3, -0.25) is 0 Å². The Morgan fingerprint density at radius 3 is 2.88 bits per heavy atom. The quantitative estimate of drug-likeness (QED) is 0.716. The highest BCUT2D eigenvalue weighted by molar-refractivity contribution is 5.92. The van der Waals surface area contributed by atoms with E-state index in [1.54, 1.807) is 19.2 Å². The van der Waals surface area contributed by atoms with Crippen LogP contribution >= 0.6 is 0 Å². The molecule has 0 radical (unpaired) electrons. The summed E-state index contributed by atoms with van der Waals surface area (Å²) in [4.78, 5) is 11.6. The number of fused-ring (bicyclic) bond motifs is 1. The van der Waals surface area contributed by atoms with E-state index in [4.69, 9.17) is 14.2 Å². The molecule has 4 nitrogen and oxygen atoms in total. The van der Waals surface area contributed by atoms with Crippen LogP contribution in [0, 0.1) is 0 Å². The van der Waals surface area contributed by atoms with Crippen molar-refractivity contribution in [3.05, 3.63) is 23.3 Å². The summed E-state index contributed by atoms with van der Waals surface area (Å²) in [5.74, 6) is 1.02. The van der Waals surface area contributed by atoms with E-state index >= 15 is 0 Å². The smallest absolute Gasteiger partial charge is 0.338 e. The second kappa shape index (κ2) is 4.43. The minimum Gasteiger partial charge on any atom is -0.493 e. The zero-order valence-electron chi connectivity index (χ0n) is 9.41. The first-order valence-electron chi connectivity index (χ1n) is 5.19. The van der Waals surface area contributed by atoms with E-state index < -0.39 is 0 Å². The molecule has 0 spiro atoms. The maximum atomic E-state index is 11.6. The van der Waals surface area contributed by atoms with E-state index in [-0.39, 0.29) is 5.97 Å². The lowest BCUT2D eigenvalue weighted by Crippen LogP contribution is -2.14. The Labute approximate surface area is 94.1 Å². The third kappa shape index (κ3) is 1.71. The van der Waals surface area contributed by atoms with Crippen molar-refractivity contribution in [3.63, 3.8) is 0 Å². The molecule has 0 aromatic heterocycles. The van der Waals surface area contributed by atoms with Gasteiger partial charge in [0.2, 0.25) is 0 Å². The van der Waals surface area contributed by atoms with Gasteiger partial charge < -0.3 is 14.2 Å². The van der Waals surface area contributed by atoms with Gasteiger partial charge in [0.1, 0.15) is 0 Å². The zero-order chi connectivity index (χ0) is 11.5. The number of hydrogen-bond donors (Lipinski definition) is 0. The Hall–Kier alpha value is -1.71. The van der Waals surface area contributed by atoms with Crippen LogP contribution in [-0.2, 0) is 11.2 Å². The molecular formula is C12H14O4. The van der Waals surface area contributed by atoms with Crippen LogP contribution in [-0.4, -0.2) is 26.8 Å². The summed E-state index contributed by atoms with van der Waals surface area (Å²) in [6.45, 7) is 0.661. The largest absolute Gasteiger partial charge is 0.493 e. The van der Waals surface area contributed by atoms with Crippen LogP contribution in [0.4, 0.5) is 0 Å². The molecule has 0 unspecified atom stereocenters. The van der Waals surface area contributed by atoms with E-state index in [1.807, 2.05) is 0 Å². The van der Waals surface area contributed by atoms with Gasteiger partial charge in [-0.25, -0.2) is 4.79 Å². The Balaban J connectivity index is 2.52. The third-order valence-electron chi connectivity index (χ3n) is 2.67. The summed E-state index contributed by atoms with van der Waals surface area (Å²) in [6, 6.07) is 3.45. The average Bonchev–Trinajstić information content (AvgIpc) is 2.36. The summed E-state index contributed by atoms with van der Waals surface area (Å²) in [7, 11) is 2.97. The van der Waals surface area contributed by atoms with Gasteiger partial charge in [-0.2, -0.15) is 0 Å². The molecule has 0 fully saturated rings. The number of ether oxygens (including phenoxy) is 3. The number of hydrogen-bond acceptors (Lipinski definition) is 4. The fraction of sp³-hybridized carbons (Fsp3) is 0.417. The van der Waals surface area contributed by atoms with E-state index in [1.165, 1.54) is 7.11 Å². The van der Waals surface area contributed by atoms with Crippen molar-refractivity contribution >= 4 is 5.97 Å². The topological polar surface area (TPSA) is 44.8 Å². The van der Waals surface area contributed by atoms with E-state index in [0.717, 1.165) is 18.4 Å². The van der Waals surface area contributed by atoms with Gasteiger partial charge in [-0.05, 0) is 25.0 Å². The molecule has 1 aromatic carbocycles. The Morgan fingerprint density at radius 1 is 1.38 bits per heavy atom. The van der Waals surface area contributed by atoms with Gasteiger partial charge >= 0.3 is 5.97 Å². The van der Waals surface area contributed by atoms with Crippen LogP contribution in [0.1, 0.15) is 22.3 Å². The van der Waals surface area contributed by atoms with E-state index in [2.05, 4.69) is 0 Å². The fourth-order valence-electron chi connectivity index (χ4n) is 1.90. The third-order valence-corrected chi connectivity index (χ3v) is 2.67. The molecule has 0 atom stereocenters. The van der Waals surface area contributed by atoms with Crippen LogP contribution < -0.4 is 9.47 Å². The van der Waals surface area contributed by atoms with Crippen LogP contribution in [0.25, 0.3) is 0 Å². The Bertz CT molecular complexity index is 412. The van der Waals surface area contributed by atoms with E-state index in [9.17, 15) is 4.79 Å². The minimum absolute atomic E-state index is 0.329. The number of methoxy groups -OCH3 is 2. The van der Waals surface area contributed by atoms with Crippen molar-refractivity contribution < 1.29 is 19.0 Å². The van der Waals surface area contributed by atoms with Gasteiger partial charge in [0, 0.05) is 5.56 Å². The Morgan fingerprint density at radius 2 is 2.19 bits per heavy atom. The van der Waals surface area contributed by atoms with Gasteiger partial charge in [0.05, 0.1) is 26.4 Å². The molecular weight excluding hydrogens is 208 g/mol. The first-order valence-corrected chi connectivity index (χ1v) is 5.19. The second-order valence-electron chi connectivity index (χ2n) is 3.57. The summed E-state index contributed by atoms with van der Waals surface area (Å²) in [6.07, 6.45) is 1.72. The van der Waals surface area contributed by atoms with Crippen molar-refractivity contribution in [1.29, 1.82) is 0 Å². The normalized spacial score (nSPS) is 13.6. The number of carbonyl (C=O) groups is 1. The molecule has 1 aromatic rings. The molecule has 0 saturated heterocycles. The molecule has 86 valence electrons. The standard InChI is InChI=1S/C12H14O4/c1-14-10-6-5-9(12(13)15-2)8-4-3-7-16-11(8)10/h5-6H,3-4,7H2,1-2H3. The van der Waals surface area contributed by atoms with Crippen molar-refractivity contribution in [1.82, 2.24) is 0 Å². The fourth-order valence-corrected chi connectivity index (χ4v) is 1.90. The SMILES string of the molecule is COC(=O)c1ccc(OC)c2c1CCCO2. The maximum Gasteiger partial charge on any atom is 0.338 e. The zero-order valence-corrected chi connectivity index (χ0v) is 9.41. The Kier molecular flexibility index (Phi) is 2.99. The first-order chi connectivity index (χ1) is 7.77. The van der Waals surface area contributed by atoms with Crippen LogP contribution in [0.3, 0.4) is 0 Å². The van der Waals surface area contributed by atoms with Crippen LogP contribution in [0.15, 0.2) is 12.1 Å². The number of benzene rings is 1. The van der Waals surface area contributed by atoms with Crippen LogP contribution in [0.5, 0.6) is 11.5 Å². The molecule has 0 aliphatic carbocycles. The number of rotatable bonds is 2. The highest BCUT2D eigenvalue weighted by Gasteiger charge is 2.22. The van der Waals surface area contributed by atoms with Gasteiger partial charge in [0.15, 0.2) is 11.5 Å². The molecule has 0 saturated carbocycles. The summed E-state index contributed by atoms with van der Waals surface area (Å²) >= 11 is 0. The lowest BCUT2D eigenvalue weighted by Gasteiger charge is -2.21. The molecule has 0 N–H and O–H groups in total. The van der Waals surface area contributed by atoms with Crippen molar-refractivity contribution in [2.75, 3.05) is 20.8 Å². The number of esters is 1. The predicted octanol–water partition coefficient (Wildman–Crippen LogP) is 1.81. The highest BCUT2D eigenvalue weighted by Crippen LogP contribution is 2.37. The predicted molar refractivity (Wildman–Crippen MR) is 58.1 cm³/mol. The van der Waals surface area contributed by atoms with E-state index in [0.29, 0.717) is 23.7 Å². The van der Waals surface area contributed by atoms with Crippen LogP contribution in [0.2, 0.25) is 0 Å². The summed E-state index contributed by atoms with van der Waals surface area (Å²) in [5, 5.41) is 0. The first kappa shape index (κ1) is 10.8. The molecule has 0 bridgehead atoms. The molecule has 1 heterocycles. The lowest BCUT2D eigenvalue weighted by atomic mass is 9.99. The molecule has 4 heteroatoms. The summed E-state index contributed by atoms with van der Waals surface area (Å²) in [5.41, 5.74) is 1.45. The monoisotopic (exact) mass is 222 g/mol. The second-order valence-corrected chi connectivity index (χ2v) is 3.57. The molecule has 0 amide bonds. The average molecular weight is 222 g/mol. The van der Waals surface area contributed by atoms with Crippen molar-refractivity contribution in [2.24, 2.45) is 0 Å². The van der Waals surface area contributed by atoms with Crippen molar-refractivity contribution in [3.8, 4) is 11.5 Å². The molecule has 16 heavy (non-hydrogen) atoms. The highest BCUT2D eigenvalue weighted by atomic mass is 16.5. The maximum absolute atomic E-state index is 11.6. The van der Waals surface area contributed by atoms with Gasteiger partial charge in [-0.15, -0.1) is 0 Å². The molecule has 1 aliphatic heterocycles. The number of carbonyl (C=O) groups excluding carboxylic acids is 1. The lowest BCUT2D eigenvalue weighted by molar-refractivity contribution is 0.0598. The summed E-state index contributed by atoms with van der Waals surface area (Å²) < 4.78 is 15.5. The van der Waals surface area contributed by atoms with Crippen molar-refractivity contribution in [2.45, 2.75) is 12.8 Å². The van der Waals surface area contributed by atoms with Gasteiger partial charge in [0.25, 0.3) is 0 Å². The molecule has 1 aliphatic rings. The minimum atomic E-state index is -0.329.